The molecular weight excluding hydrogens is 212 g/mol. The van der Waals surface area contributed by atoms with Crippen molar-refractivity contribution in [1.29, 1.82) is 0 Å². The maximum atomic E-state index is 10.8. The normalized spacial score (nSPS) is 12.6. The lowest BCUT2D eigenvalue weighted by Crippen LogP contribution is -2.09. The van der Waals surface area contributed by atoms with E-state index in [-0.39, 0.29) is 19.4 Å². The molecule has 1 aliphatic heterocycles. The number of carbonyl (C=O) groups excluding carboxylic acids is 1. The Morgan fingerprint density at radius 1 is 1.38 bits per heavy atom. The third-order valence-corrected chi connectivity index (χ3v) is 2.15. The molecule has 16 heavy (non-hydrogen) atoms. The zero-order valence-electron chi connectivity index (χ0n) is 8.89. The molecule has 0 N–H and O–H groups in total. The highest BCUT2D eigenvalue weighted by Gasteiger charge is 2.13. The Kier molecular flexibility index (Phi) is 3.26. The summed E-state index contributed by atoms with van der Waals surface area (Å²) in [5, 5.41) is 0. The van der Waals surface area contributed by atoms with Crippen LogP contribution in [-0.4, -0.2) is 26.5 Å². The van der Waals surface area contributed by atoms with E-state index in [0.717, 1.165) is 11.3 Å². The van der Waals surface area contributed by atoms with Crippen molar-refractivity contribution in [3.8, 4) is 11.5 Å². The van der Waals surface area contributed by atoms with Crippen LogP contribution >= 0.6 is 0 Å². The van der Waals surface area contributed by atoms with Crippen LogP contribution in [0.2, 0.25) is 0 Å². The highest BCUT2D eigenvalue weighted by Crippen LogP contribution is 2.32. The number of benzene rings is 1. The fraction of sp³-hybridized carbons (Fsp3) is 0.364. The molecule has 0 fully saturated rings. The standard InChI is InChI=1S/C11H12O5/c1-13-11(12)6-14-5-8-2-3-9-10(4-8)16-7-15-9/h2-4H,5-7H2,1H3. The summed E-state index contributed by atoms with van der Waals surface area (Å²) in [7, 11) is 1.33. The molecule has 0 aromatic heterocycles. The molecule has 0 amide bonds. The second-order valence-electron chi connectivity index (χ2n) is 3.26. The van der Waals surface area contributed by atoms with Gasteiger partial charge < -0.3 is 18.9 Å². The van der Waals surface area contributed by atoms with Crippen molar-refractivity contribution < 1.29 is 23.7 Å². The summed E-state index contributed by atoms with van der Waals surface area (Å²) < 4.78 is 20.0. The Balaban J connectivity index is 1.88. The summed E-state index contributed by atoms with van der Waals surface area (Å²) in [4.78, 5) is 10.8. The number of carbonyl (C=O) groups is 1. The highest BCUT2D eigenvalue weighted by molar-refractivity contribution is 5.70. The van der Waals surface area contributed by atoms with Gasteiger partial charge in [-0.05, 0) is 17.7 Å². The van der Waals surface area contributed by atoms with Crippen LogP contribution in [0.3, 0.4) is 0 Å². The number of esters is 1. The van der Waals surface area contributed by atoms with Gasteiger partial charge in [0.05, 0.1) is 13.7 Å². The lowest BCUT2D eigenvalue weighted by molar-refractivity contribution is -0.146. The summed E-state index contributed by atoms with van der Waals surface area (Å²) in [5.74, 6) is 1.05. The molecule has 1 aromatic rings. The van der Waals surface area contributed by atoms with Gasteiger partial charge in [-0.2, -0.15) is 0 Å². The molecule has 0 unspecified atom stereocenters. The Labute approximate surface area is 92.9 Å². The SMILES string of the molecule is COC(=O)COCc1ccc2c(c1)OCO2. The monoisotopic (exact) mass is 224 g/mol. The Morgan fingerprint density at radius 2 is 2.19 bits per heavy atom. The molecule has 1 aromatic carbocycles. The Hall–Kier alpha value is -1.75. The van der Waals surface area contributed by atoms with E-state index >= 15 is 0 Å². The largest absolute Gasteiger partial charge is 0.467 e. The van der Waals surface area contributed by atoms with Gasteiger partial charge in [-0.1, -0.05) is 6.07 Å². The third-order valence-electron chi connectivity index (χ3n) is 2.15. The zero-order valence-corrected chi connectivity index (χ0v) is 8.89. The predicted molar refractivity (Wildman–Crippen MR) is 54.2 cm³/mol. The van der Waals surface area contributed by atoms with Gasteiger partial charge >= 0.3 is 5.97 Å². The van der Waals surface area contributed by atoms with Crippen LogP contribution < -0.4 is 9.47 Å². The smallest absolute Gasteiger partial charge is 0.331 e. The van der Waals surface area contributed by atoms with Crippen LogP contribution in [0.4, 0.5) is 0 Å². The second kappa shape index (κ2) is 4.85. The summed E-state index contributed by atoms with van der Waals surface area (Å²) in [5.41, 5.74) is 0.924. The van der Waals surface area contributed by atoms with Crippen molar-refractivity contribution in [2.45, 2.75) is 6.61 Å². The summed E-state index contributed by atoms with van der Waals surface area (Å²) in [6.45, 7) is 0.540. The van der Waals surface area contributed by atoms with Gasteiger partial charge in [-0.15, -0.1) is 0 Å². The lowest BCUT2D eigenvalue weighted by Gasteiger charge is -2.04. The van der Waals surface area contributed by atoms with Crippen molar-refractivity contribution in [1.82, 2.24) is 0 Å². The van der Waals surface area contributed by atoms with E-state index in [2.05, 4.69) is 4.74 Å². The number of hydrogen-bond donors (Lipinski definition) is 0. The van der Waals surface area contributed by atoms with E-state index in [1.165, 1.54) is 7.11 Å². The van der Waals surface area contributed by atoms with E-state index < -0.39 is 0 Å². The van der Waals surface area contributed by atoms with Gasteiger partial charge in [0.15, 0.2) is 11.5 Å². The Morgan fingerprint density at radius 3 is 3.00 bits per heavy atom. The summed E-state index contributed by atoms with van der Waals surface area (Å²) in [6, 6.07) is 5.52. The van der Waals surface area contributed by atoms with E-state index in [1.54, 1.807) is 0 Å². The molecule has 0 bridgehead atoms. The Bertz CT molecular complexity index is 388. The number of fused-ring (bicyclic) bond motifs is 1. The lowest BCUT2D eigenvalue weighted by atomic mass is 10.2. The van der Waals surface area contributed by atoms with E-state index in [4.69, 9.17) is 14.2 Å². The first-order valence-corrected chi connectivity index (χ1v) is 4.82. The van der Waals surface area contributed by atoms with E-state index in [0.29, 0.717) is 12.4 Å². The molecule has 5 nitrogen and oxygen atoms in total. The van der Waals surface area contributed by atoms with Crippen LogP contribution in [0.25, 0.3) is 0 Å². The fourth-order valence-corrected chi connectivity index (χ4v) is 1.34. The van der Waals surface area contributed by atoms with Gasteiger partial charge in [0.25, 0.3) is 0 Å². The first kappa shape index (κ1) is 10.8. The van der Waals surface area contributed by atoms with Crippen molar-refractivity contribution in [3.05, 3.63) is 23.8 Å². The maximum absolute atomic E-state index is 10.8. The topological polar surface area (TPSA) is 54.0 Å². The molecule has 0 spiro atoms. The number of methoxy groups -OCH3 is 1. The minimum atomic E-state index is -0.388. The van der Waals surface area contributed by atoms with Gasteiger partial charge in [-0.3, -0.25) is 0 Å². The zero-order chi connectivity index (χ0) is 11.4. The van der Waals surface area contributed by atoms with E-state index in [9.17, 15) is 4.79 Å². The van der Waals surface area contributed by atoms with Gasteiger partial charge in [-0.25, -0.2) is 4.79 Å². The van der Waals surface area contributed by atoms with Crippen LogP contribution in [0, 0.1) is 0 Å². The number of ether oxygens (including phenoxy) is 4. The summed E-state index contributed by atoms with van der Waals surface area (Å²) >= 11 is 0. The molecule has 0 aliphatic carbocycles. The minimum absolute atomic E-state index is 0.0507. The average Bonchev–Trinajstić information content (AvgIpc) is 2.76. The molecular formula is C11H12O5. The quantitative estimate of drug-likeness (QED) is 0.717. The van der Waals surface area contributed by atoms with Crippen molar-refractivity contribution in [2.75, 3.05) is 20.5 Å². The predicted octanol–water partition coefficient (Wildman–Crippen LogP) is 1.10. The van der Waals surface area contributed by atoms with Gasteiger partial charge in [0, 0.05) is 0 Å². The molecule has 1 heterocycles. The average molecular weight is 224 g/mol. The number of hydrogen-bond acceptors (Lipinski definition) is 5. The van der Waals surface area contributed by atoms with Crippen LogP contribution in [0.1, 0.15) is 5.56 Å². The maximum Gasteiger partial charge on any atom is 0.331 e. The van der Waals surface area contributed by atoms with Crippen molar-refractivity contribution in [3.63, 3.8) is 0 Å². The first-order valence-electron chi connectivity index (χ1n) is 4.82. The molecule has 0 radical (unpaired) electrons. The van der Waals surface area contributed by atoms with Crippen molar-refractivity contribution in [2.24, 2.45) is 0 Å². The molecule has 2 rings (SSSR count). The first-order chi connectivity index (χ1) is 7.79. The molecule has 0 saturated heterocycles. The minimum Gasteiger partial charge on any atom is -0.467 e. The fourth-order valence-electron chi connectivity index (χ4n) is 1.34. The highest BCUT2D eigenvalue weighted by atomic mass is 16.7. The molecule has 0 saturated carbocycles. The second-order valence-corrected chi connectivity index (χ2v) is 3.26. The molecule has 1 aliphatic rings. The van der Waals surface area contributed by atoms with Crippen LogP contribution in [0.15, 0.2) is 18.2 Å². The van der Waals surface area contributed by atoms with E-state index in [1.807, 2.05) is 18.2 Å². The molecule has 5 heteroatoms. The van der Waals surface area contributed by atoms with Crippen LogP contribution in [0.5, 0.6) is 11.5 Å². The molecule has 86 valence electrons. The van der Waals surface area contributed by atoms with Gasteiger partial charge in [0.1, 0.15) is 6.61 Å². The van der Waals surface area contributed by atoms with Crippen molar-refractivity contribution >= 4 is 5.97 Å². The number of rotatable bonds is 4. The van der Waals surface area contributed by atoms with Crippen LogP contribution in [-0.2, 0) is 20.9 Å². The van der Waals surface area contributed by atoms with Gasteiger partial charge in [0.2, 0.25) is 6.79 Å². The third kappa shape index (κ3) is 2.43. The summed E-state index contributed by atoms with van der Waals surface area (Å²) in [6.07, 6.45) is 0. The molecule has 0 atom stereocenters.